The van der Waals surface area contributed by atoms with Gasteiger partial charge in [0, 0.05) is 18.7 Å². The van der Waals surface area contributed by atoms with Gasteiger partial charge in [0.1, 0.15) is 11.8 Å². The lowest BCUT2D eigenvalue weighted by Gasteiger charge is -2.39. The molecule has 1 fully saturated rings. The summed E-state index contributed by atoms with van der Waals surface area (Å²) in [4.78, 5) is 19.3. The quantitative estimate of drug-likeness (QED) is 0.451. The van der Waals surface area contributed by atoms with Gasteiger partial charge in [-0.25, -0.2) is 23.7 Å². The minimum absolute atomic E-state index is 0.291. The van der Waals surface area contributed by atoms with E-state index in [2.05, 4.69) is 30.8 Å². The summed E-state index contributed by atoms with van der Waals surface area (Å²) in [6.45, 7) is 1.62. The molecule has 1 aliphatic heterocycles. The van der Waals surface area contributed by atoms with Crippen LogP contribution in [-0.4, -0.2) is 43.1 Å². The number of aromatic nitrogens is 5. The topological polar surface area (TPSA) is 112 Å². The number of hydrogen-bond donors (Lipinski definition) is 2. The van der Waals surface area contributed by atoms with E-state index in [1.54, 1.807) is 12.5 Å². The first kappa shape index (κ1) is 21.7. The molecule has 0 amide bonds. The molecule has 8 nitrogen and oxygen atoms in total. The molecule has 4 heterocycles. The smallest absolute Gasteiger partial charge is 0.165 e. The van der Waals surface area contributed by atoms with Crippen LogP contribution >= 0.6 is 0 Å². The van der Waals surface area contributed by atoms with Crippen LogP contribution in [0.25, 0.3) is 22.4 Å². The Kier molecular flexibility index (Phi) is 5.34. The second kappa shape index (κ2) is 8.35. The maximum absolute atomic E-state index is 13.9. The number of pyridine rings is 1. The summed E-state index contributed by atoms with van der Waals surface area (Å²) >= 11 is 0. The molecule has 5 rings (SSSR count). The molecule has 0 bridgehead atoms. The molecule has 1 aliphatic rings. The monoisotopic (exact) mass is 460 g/mol. The minimum Gasteiger partial charge on any atom is -0.382 e. The van der Waals surface area contributed by atoms with Crippen molar-refractivity contribution in [2.24, 2.45) is 5.73 Å². The molecule has 0 saturated carbocycles. The first-order valence-electron chi connectivity index (χ1n) is 10.7. The largest absolute Gasteiger partial charge is 0.382 e. The molecule has 0 unspecified atom stereocenters. The molecular weight excluding hydrogens is 438 g/mol. The second-order valence-electron chi connectivity index (χ2n) is 8.46. The summed E-state index contributed by atoms with van der Waals surface area (Å²) in [6, 6.07) is 5.56. The van der Waals surface area contributed by atoms with Crippen LogP contribution < -0.4 is 16.4 Å². The molecule has 172 valence electrons. The summed E-state index contributed by atoms with van der Waals surface area (Å²) in [5.41, 5.74) is 15.4. The first-order valence-corrected chi connectivity index (χ1v) is 10.7. The standard InChI is InChI=1S/C24H22F2N8/c1-2-24(28)6-3-7-33(12-24)20-10-29-19(15-4-5-17(25)18(26)8-15)9-16(20)11-34-14-32-21-22(27)30-13-31-23(21)34/h1,4-5,8-10,13-14H,3,6-7,11-12,28H2,(H2,27,30,31)/t24-/m1/s1. The number of rotatable bonds is 4. The zero-order valence-corrected chi connectivity index (χ0v) is 18.2. The van der Waals surface area contributed by atoms with Crippen molar-refractivity contribution in [2.75, 3.05) is 23.7 Å². The van der Waals surface area contributed by atoms with E-state index in [9.17, 15) is 8.78 Å². The van der Waals surface area contributed by atoms with Crippen molar-refractivity contribution < 1.29 is 8.78 Å². The van der Waals surface area contributed by atoms with Gasteiger partial charge in [-0.3, -0.25) is 4.98 Å². The van der Waals surface area contributed by atoms with Gasteiger partial charge in [0.05, 0.1) is 36.0 Å². The van der Waals surface area contributed by atoms with Crippen LogP contribution in [-0.2, 0) is 6.54 Å². The molecule has 3 aromatic heterocycles. The van der Waals surface area contributed by atoms with Gasteiger partial charge in [-0.15, -0.1) is 6.42 Å². The number of anilines is 2. The van der Waals surface area contributed by atoms with Crippen LogP contribution in [0, 0.1) is 24.0 Å². The highest BCUT2D eigenvalue weighted by Gasteiger charge is 2.31. The Bertz CT molecular complexity index is 1430. The lowest BCUT2D eigenvalue weighted by atomic mass is 9.90. The fourth-order valence-electron chi connectivity index (χ4n) is 4.32. The number of piperidine rings is 1. The van der Waals surface area contributed by atoms with Crippen LogP contribution in [0.5, 0.6) is 0 Å². The SMILES string of the molecule is C#C[C@@]1(N)CCCN(c2cnc(-c3ccc(F)c(F)c3)cc2Cn2cnc3c(N)ncnc32)C1. The number of hydrogen-bond acceptors (Lipinski definition) is 7. The number of imidazole rings is 1. The second-order valence-corrected chi connectivity index (χ2v) is 8.46. The fraction of sp³-hybridized carbons (Fsp3) is 0.250. The number of nitrogens with two attached hydrogens (primary N) is 2. The molecule has 0 radical (unpaired) electrons. The van der Waals surface area contributed by atoms with E-state index in [0.717, 1.165) is 42.8 Å². The number of nitrogens with zero attached hydrogens (tertiary/aromatic N) is 6. The fourth-order valence-corrected chi connectivity index (χ4v) is 4.32. The molecule has 0 aliphatic carbocycles. The first-order chi connectivity index (χ1) is 16.4. The minimum atomic E-state index is -0.935. The predicted molar refractivity (Wildman–Crippen MR) is 126 cm³/mol. The van der Waals surface area contributed by atoms with Crippen LogP contribution in [0.2, 0.25) is 0 Å². The Morgan fingerprint density at radius 2 is 1.97 bits per heavy atom. The molecule has 0 spiro atoms. The van der Waals surface area contributed by atoms with Crippen molar-refractivity contribution >= 4 is 22.7 Å². The number of terminal acetylenes is 1. The van der Waals surface area contributed by atoms with E-state index >= 15 is 0 Å². The third-order valence-electron chi connectivity index (χ3n) is 6.10. The van der Waals surface area contributed by atoms with E-state index in [4.69, 9.17) is 17.9 Å². The van der Waals surface area contributed by atoms with Gasteiger partial charge in [0.15, 0.2) is 23.1 Å². The molecule has 34 heavy (non-hydrogen) atoms. The van der Waals surface area contributed by atoms with E-state index in [-0.39, 0.29) is 0 Å². The average Bonchev–Trinajstić information content (AvgIpc) is 3.25. The predicted octanol–water partition coefficient (Wildman–Crippen LogP) is 2.73. The van der Waals surface area contributed by atoms with Gasteiger partial charge in [-0.1, -0.05) is 5.92 Å². The number of nitrogen functional groups attached to an aromatic ring is 1. The maximum Gasteiger partial charge on any atom is 0.165 e. The third-order valence-corrected chi connectivity index (χ3v) is 6.10. The summed E-state index contributed by atoms with van der Waals surface area (Å²) in [5.74, 6) is 1.16. The van der Waals surface area contributed by atoms with Crippen molar-refractivity contribution in [1.29, 1.82) is 0 Å². The number of halogens is 2. The van der Waals surface area contributed by atoms with Crippen LogP contribution in [0.1, 0.15) is 18.4 Å². The summed E-state index contributed by atoms with van der Waals surface area (Å²) < 4.78 is 29.2. The zero-order chi connectivity index (χ0) is 23.9. The van der Waals surface area contributed by atoms with Crippen molar-refractivity contribution in [1.82, 2.24) is 24.5 Å². The van der Waals surface area contributed by atoms with Crippen molar-refractivity contribution in [3.05, 3.63) is 60.3 Å². The molecule has 10 heteroatoms. The lowest BCUT2D eigenvalue weighted by Crippen LogP contribution is -2.53. The normalized spacial score (nSPS) is 18.2. The van der Waals surface area contributed by atoms with Gasteiger partial charge in [-0.05, 0) is 42.7 Å². The maximum atomic E-state index is 13.9. The highest BCUT2D eigenvalue weighted by Crippen LogP contribution is 2.31. The van der Waals surface area contributed by atoms with Crippen molar-refractivity contribution in [2.45, 2.75) is 24.9 Å². The van der Waals surface area contributed by atoms with Gasteiger partial charge in [0.25, 0.3) is 0 Å². The summed E-state index contributed by atoms with van der Waals surface area (Å²) in [7, 11) is 0. The van der Waals surface area contributed by atoms with Crippen LogP contribution in [0.15, 0.2) is 43.1 Å². The highest BCUT2D eigenvalue weighted by atomic mass is 19.2. The Labute approximate surface area is 194 Å². The summed E-state index contributed by atoms with van der Waals surface area (Å²) in [6.07, 6.45) is 12.0. The van der Waals surface area contributed by atoms with Gasteiger partial charge in [-0.2, -0.15) is 0 Å². The van der Waals surface area contributed by atoms with E-state index in [0.29, 0.717) is 41.3 Å². The van der Waals surface area contributed by atoms with Crippen molar-refractivity contribution in [3.63, 3.8) is 0 Å². The van der Waals surface area contributed by atoms with Crippen molar-refractivity contribution in [3.8, 4) is 23.6 Å². The molecule has 1 atom stereocenters. The van der Waals surface area contributed by atoms with E-state index in [1.165, 1.54) is 12.4 Å². The zero-order valence-electron chi connectivity index (χ0n) is 18.2. The van der Waals surface area contributed by atoms with Gasteiger partial charge >= 0.3 is 0 Å². The van der Waals surface area contributed by atoms with E-state index in [1.807, 2.05) is 10.6 Å². The lowest BCUT2D eigenvalue weighted by molar-refractivity contribution is 0.428. The average molecular weight is 460 g/mol. The van der Waals surface area contributed by atoms with Gasteiger partial charge < -0.3 is 20.9 Å². The number of fused-ring (bicyclic) bond motifs is 1. The number of benzene rings is 1. The van der Waals surface area contributed by atoms with Crippen LogP contribution in [0.4, 0.5) is 20.3 Å². The Morgan fingerprint density at radius 1 is 1.12 bits per heavy atom. The molecule has 1 saturated heterocycles. The van der Waals surface area contributed by atoms with Crippen LogP contribution in [0.3, 0.4) is 0 Å². The Morgan fingerprint density at radius 3 is 2.76 bits per heavy atom. The Balaban J connectivity index is 1.60. The van der Waals surface area contributed by atoms with E-state index < -0.39 is 17.2 Å². The molecule has 4 N–H and O–H groups in total. The van der Waals surface area contributed by atoms with Gasteiger partial charge in [0.2, 0.25) is 0 Å². The molecule has 1 aromatic carbocycles. The highest BCUT2D eigenvalue weighted by molar-refractivity contribution is 5.81. The molecule has 4 aromatic rings. The molecular formula is C24H22F2N8. The summed E-state index contributed by atoms with van der Waals surface area (Å²) in [5, 5.41) is 0. The Hall–Kier alpha value is -4.10. The third kappa shape index (κ3) is 3.91.